The van der Waals surface area contributed by atoms with Gasteiger partial charge in [-0.05, 0) is 30.0 Å². The largest absolute Gasteiger partial charge is 0.324 e. The molecule has 0 aromatic heterocycles. The molecule has 1 aliphatic rings. The number of nitrogens with two attached hydrogens (primary N) is 1. The summed E-state index contributed by atoms with van der Waals surface area (Å²) in [5.41, 5.74) is 6.56. The van der Waals surface area contributed by atoms with Crippen LogP contribution >= 0.6 is 12.4 Å². The van der Waals surface area contributed by atoms with Crippen LogP contribution < -0.4 is 5.73 Å². The topological polar surface area (TPSA) is 26.0 Å². The Hall–Kier alpha value is -0.670. The van der Waals surface area contributed by atoms with Crippen LogP contribution in [-0.4, -0.2) is 0 Å². The van der Waals surface area contributed by atoms with Crippen molar-refractivity contribution in [2.45, 2.75) is 25.3 Å². The van der Waals surface area contributed by atoms with Crippen molar-refractivity contribution in [2.24, 2.45) is 11.7 Å². The molecule has 4 heteroatoms. The van der Waals surface area contributed by atoms with E-state index in [0.29, 0.717) is 11.5 Å². The van der Waals surface area contributed by atoms with Gasteiger partial charge in [-0.3, -0.25) is 0 Å². The number of hydrogen-bond donors (Lipinski definition) is 1. The Labute approximate surface area is 94.1 Å². The minimum atomic E-state index is -0.813. The van der Waals surface area contributed by atoms with Crippen LogP contribution in [0.5, 0.6) is 0 Å². The molecule has 0 heterocycles. The fraction of sp³-hybridized carbons (Fsp3) is 0.455. The second-order valence-electron chi connectivity index (χ2n) is 3.96. The van der Waals surface area contributed by atoms with Crippen LogP contribution in [0.1, 0.15) is 30.9 Å². The van der Waals surface area contributed by atoms with Crippen molar-refractivity contribution in [1.82, 2.24) is 0 Å². The molecule has 1 saturated carbocycles. The second kappa shape index (κ2) is 4.90. The lowest BCUT2D eigenvalue weighted by atomic mass is 10.0. The van der Waals surface area contributed by atoms with E-state index in [0.717, 1.165) is 12.5 Å². The highest BCUT2D eigenvalue weighted by molar-refractivity contribution is 5.85. The van der Waals surface area contributed by atoms with Gasteiger partial charge in [-0.1, -0.05) is 18.9 Å². The summed E-state index contributed by atoms with van der Waals surface area (Å²) in [6.07, 6.45) is 3.32. The van der Waals surface area contributed by atoms with Gasteiger partial charge in [0, 0.05) is 6.04 Å². The summed E-state index contributed by atoms with van der Waals surface area (Å²) < 4.78 is 25.5. The van der Waals surface area contributed by atoms with Gasteiger partial charge in [-0.15, -0.1) is 12.4 Å². The summed E-state index contributed by atoms with van der Waals surface area (Å²) in [6, 6.07) is 3.74. The highest BCUT2D eigenvalue weighted by Crippen LogP contribution is 2.36. The fourth-order valence-corrected chi connectivity index (χ4v) is 1.59. The molecule has 1 aromatic carbocycles. The highest BCUT2D eigenvalue weighted by Gasteiger charge is 2.24. The standard InChI is InChI=1S/C11H13F2N.ClH/c12-9-4-3-8(6-10(9)13)11(14)5-7-1-2-7;/h3-4,6-7,11H,1-2,5,14H2;1H/t11-;/m1./s1. The van der Waals surface area contributed by atoms with Crippen LogP contribution in [0.2, 0.25) is 0 Å². The molecule has 0 radical (unpaired) electrons. The normalized spacial score (nSPS) is 17.0. The molecule has 15 heavy (non-hydrogen) atoms. The molecule has 2 rings (SSSR count). The Kier molecular flexibility index (Phi) is 4.05. The van der Waals surface area contributed by atoms with Crippen molar-refractivity contribution in [2.75, 3.05) is 0 Å². The first kappa shape index (κ1) is 12.4. The van der Waals surface area contributed by atoms with Gasteiger partial charge in [0.15, 0.2) is 11.6 Å². The summed E-state index contributed by atoms with van der Waals surface area (Å²) in [4.78, 5) is 0. The van der Waals surface area contributed by atoms with Crippen molar-refractivity contribution in [1.29, 1.82) is 0 Å². The number of halogens is 3. The second-order valence-corrected chi connectivity index (χ2v) is 3.96. The third kappa shape index (κ3) is 3.14. The van der Waals surface area contributed by atoms with Gasteiger partial charge in [0.25, 0.3) is 0 Å². The first-order valence-corrected chi connectivity index (χ1v) is 4.87. The molecule has 0 saturated heterocycles. The van der Waals surface area contributed by atoms with E-state index in [1.54, 1.807) is 6.07 Å². The Bertz CT molecular complexity index is 339. The Morgan fingerprint density at radius 1 is 1.27 bits per heavy atom. The first-order valence-electron chi connectivity index (χ1n) is 4.87. The first-order chi connectivity index (χ1) is 6.66. The van der Waals surface area contributed by atoms with Gasteiger partial charge in [0.2, 0.25) is 0 Å². The van der Waals surface area contributed by atoms with E-state index in [1.165, 1.54) is 18.9 Å². The van der Waals surface area contributed by atoms with Crippen molar-refractivity contribution in [3.63, 3.8) is 0 Å². The summed E-state index contributed by atoms with van der Waals surface area (Å²) in [5, 5.41) is 0. The van der Waals surface area contributed by atoms with E-state index in [2.05, 4.69) is 0 Å². The van der Waals surface area contributed by atoms with Crippen LogP contribution in [-0.2, 0) is 0 Å². The van der Waals surface area contributed by atoms with Gasteiger partial charge in [-0.25, -0.2) is 8.78 Å². The van der Waals surface area contributed by atoms with E-state index in [4.69, 9.17) is 5.73 Å². The lowest BCUT2D eigenvalue weighted by Gasteiger charge is -2.11. The SMILES string of the molecule is Cl.N[C@H](CC1CC1)c1ccc(F)c(F)c1. The maximum Gasteiger partial charge on any atom is 0.159 e. The molecule has 0 unspecified atom stereocenters. The molecular weight excluding hydrogens is 220 g/mol. The van der Waals surface area contributed by atoms with Gasteiger partial charge in [0.1, 0.15) is 0 Å². The zero-order valence-electron chi connectivity index (χ0n) is 8.25. The van der Waals surface area contributed by atoms with E-state index in [-0.39, 0.29) is 18.4 Å². The zero-order chi connectivity index (χ0) is 10.1. The molecule has 1 atom stereocenters. The number of rotatable bonds is 3. The molecule has 2 N–H and O–H groups in total. The van der Waals surface area contributed by atoms with Crippen LogP contribution in [0, 0.1) is 17.6 Å². The van der Waals surface area contributed by atoms with Crippen molar-refractivity contribution >= 4 is 12.4 Å². The predicted molar refractivity (Wildman–Crippen MR) is 57.9 cm³/mol. The quantitative estimate of drug-likeness (QED) is 0.853. The van der Waals surface area contributed by atoms with E-state index < -0.39 is 11.6 Å². The Morgan fingerprint density at radius 2 is 1.93 bits per heavy atom. The molecule has 1 aliphatic carbocycles. The van der Waals surface area contributed by atoms with Crippen molar-refractivity contribution < 1.29 is 8.78 Å². The third-order valence-corrected chi connectivity index (χ3v) is 2.66. The van der Waals surface area contributed by atoms with Crippen LogP contribution in [0.4, 0.5) is 8.78 Å². The minimum absolute atomic E-state index is 0. The van der Waals surface area contributed by atoms with Crippen LogP contribution in [0.15, 0.2) is 18.2 Å². The van der Waals surface area contributed by atoms with E-state index >= 15 is 0 Å². The summed E-state index contributed by atoms with van der Waals surface area (Å²) >= 11 is 0. The summed E-state index contributed by atoms with van der Waals surface area (Å²) in [6.45, 7) is 0. The zero-order valence-corrected chi connectivity index (χ0v) is 9.07. The minimum Gasteiger partial charge on any atom is -0.324 e. The predicted octanol–water partition coefficient (Wildman–Crippen LogP) is 3.19. The maximum absolute atomic E-state index is 12.9. The Morgan fingerprint density at radius 3 is 2.47 bits per heavy atom. The van der Waals surface area contributed by atoms with Crippen molar-refractivity contribution in [3.05, 3.63) is 35.4 Å². The highest BCUT2D eigenvalue weighted by atomic mass is 35.5. The molecule has 0 spiro atoms. The molecule has 84 valence electrons. The van der Waals surface area contributed by atoms with Crippen LogP contribution in [0.3, 0.4) is 0 Å². The average Bonchev–Trinajstić information content (AvgIpc) is 2.93. The molecule has 1 nitrogen and oxygen atoms in total. The third-order valence-electron chi connectivity index (χ3n) is 2.66. The Balaban J connectivity index is 0.00000112. The summed E-state index contributed by atoms with van der Waals surface area (Å²) in [7, 11) is 0. The van der Waals surface area contributed by atoms with Crippen LogP contribution in [0.25, 0.3) is 0 Å². The lowest BCUT2D eigenvalue weighted by molar-refractivity contribution is 0.502. The smallest absolute Gasteiger partial charge is 0.159 e. The average molecular weight is 234 g/mol. The van der Waals surface area contributed by atoms with Gasteiger partial charge in [0.05, 0.1) is 0 Å². The van der Waals surface area contributed by atoms with Gasteiger partial charge >= 0.3 is 0 Å². The monoisotopic (exact) mass is 233 g/mol. The van der Waals surface area contributed by atoms with E-state index in [9.17, 15) is 8.78 Å². The molecule has 0 aliphatic heterocycles. The number of benzene rings is 1. The number of hydrogen-bond acceptors (Lipinski definition) is 1. The molecule has 0 amide bonds. The molecular formula is C11H14ClF2N. The maximum atomic E-state index is 12.9. The lowest BCUT2D eigenvalue weighted by Crippen LogP contribution is -2.11. The summed E-state index contributed by atoms with van der Waals surface area (Å²) in [5.74, 6) is -0.931. The fourth-order valence-electron chi connectivity index (χ4n) is 1.59. The van der Waals surface area contributed by atoms with E-state index in [1.807, 2.05) is 0 Å². The molecule has 1 aromatic rings. The van der Waals surface area contributed by atoms with Crippen molar-refractivity contribution in [3.8, 4) is 0 Å². The molecule has 0 bridgehead atoms. The molecule has 1 fully saturated rings. The van der Waals surface area contributed by atoms with Gasteiger partial charge < -0.3 is 5.73 Å². The van der Waals surface area contributed by atoms with Gasteiger partial charge in [-0.2, -0.15) is 0 Å².